The lowest BCUT2D eigenvalue weighted by atomic mass is 10.1. The molecule has 2 radical (unpaired) electrons. The maximum Gasteiger partial charge on any atom is 0.245 e. The Morgan fingerprint density at radius 1 is 1.23 bits per heavy atom. The molecule has 9 nitrogen and oxygen atoms in total. The number of amides is 3. The van der Waals surface area contributed by atoms with Gasteiger partial charge in [-0.3, -0.25) is 14.4 Å². The summed E-state index contributed by atoms with van der Waals surface area (Å²) in [6.45, 7) is 5.82. The van der Waals surface area contributed by atoms with Gasteiger partial charge in [0.25, 0.3) is 0 Å². The van der Waals surface area contributed by atoms with E-state index in [4.69, 9.17) is 5.73 Å². The van der Waals surface area contributed by atoms with Crippen molar-refractivity contribution in [3.05, 3.63) is 0 Å². The van der Waals surface area contributed by atoms with Crippen LogP contribution in [0.3, 0.4) is 0 Å². The Bertz CT molecular complexity index is 464. The minimum Gasteiger partial charge on any atom is -0.412 e. The first-order chi connectivity index (χ1) is 11.3. The molecule has 1 saturated heterocycles. The number of nitrogens with one attached hydrogen (secondary N) is 2. The summed E-state index contributed by atoms with van der Waals surface area (Å²) < 4.78 is 0. The second-order valence-corrected chi connectivity index (χ2v) is 7.27. The summed E-state index contributed by atoms with van der Waals surface area (Å²) in [5.41, 5.74) is 5.50. The summed E-state index contributed by atoms with van der Waals surface area (Å²) in [5.74, 6) is -0.737. The average Bonchev–Trinajstić information content (AvgIpc) is 3.01. The zero-order valence-electron chi connectivity index (χ0n) is 15.9. The fourth-order valence-electron chi connectivity index (χ4n) is 2.73. The van der Waals surface area contributed by atoms with E-state index in [0.717, 1.165) is 25.7 Å². The fraction of sp³-hybridized carbons (Fsp3) is 0.812. The van der Waals surface area contributed by atoms with Crippen LogP contribution in [0.1, 0.15) is 52.9 Å². The van der Waals surface area contributed by atoms with Gasteiger partial charge in [0.05, 0.1) is 6.04 Å². The molecule has 0 aromatic carbocycles. The summed E-state index contributed by atoms with van der Waals surface area (Å²) >= 11 is 2.64. The highest BCUT2D eigenvalue weighted by Gasteiger charge is 2.36. The van der Waals surface area contributed by atoms with Crippen LogP contribution in [0.4, 0.5) is 0 Å². The Labute approximate surface area is 163 Å². The topological polar surface area (TPSA) is 168 Å². The van der Waals surface area contributed by atoms with Crippen LogP contribution < -0.4 is 16.4 Å². The lowest BCUT2D eigenvalue weighted by Gasteiger charge is -2.28. The molecular formula is C16H33AlN4O5. The second-order valence-electron chi connectivity index (χ2n) is 6.47. The Balaban J connectivity index is 0. The number of unbranched alkanes of at least 4 members (excludes halogenated alkanes) is 1. The van der Waals surface area contributed by atoms with Gasteiger partial charge in [-0.25, -0.2) is 0 Å². The van der Waals surface area contributed by atoms with E-state index < -0.39 is 18.1 Å². The van der Waals surface area contributed by atoms with Gasteiger partial charge in [0.2, 0.25) is 17.7 Å². The van der Waals surface area contributed by atoms with Crippen LogP contribution in [-0.2, 0) is 14.4 Å². The van der Waals surface area contributed by atoms with E-state index >= 15 is 0 Å². The van der Waals surface area contributed by atoms with Crippen molar-refractivity contribution >= 4 is 34.0 Å². The molecule has 0 aromatic rings. The molecule has 8 N–H and O–H groups in total. The number of hydrogen-bond acceptors (Lipinski definition) is 4. The average molecular weight is 388 g/mol. The minimum atomic E-state index is -0.691. The predicted octanol–water partition coefficient (Wildman–Crippen LogP) is -2.02. The molecule has 1 fully saturated rings. The Kier molecular flexibility index (Phi) is 13.6. The largest absolute Gasteiger partial charge is 0.412 e. The van der Waals surface area contributed by atoms with Gasteiger partial charge in [0.15, 0.2) is 16.3 Å². The van der Waals surface area contributed by atoms with Crippen molar-refractivity contribution in [1.29, 1.82) is 0 Å². The third kappa shape index (κ3) is 8.02. The van der Waals surface area contributed by atoms with Gasteiger partial charge in [0, 0.05) is 6.54 Å². The summed E-state index contributed by atoms with van der Waals surface area (Å²) in [6.07, 6.45) is 4.45. The number of likely N-dealkylation sites (tertiary alicyclic amines) is 1. The predicted molar refractivity (Wildman–Crippen MR) is 100 cm³/mol. The van der Waals surface area contributed by atoms with E-state index in [1.165, 1.54) is 0 Å². The SMILES string of the molecule is CCCC[C@@H]([Al])NC(=O)[C@@H]1CCCN1C(=O)[C@H](C)NC(=O)[C@H](C)N.O.O. The molecule has 1 rings (SSSR count). The monoisotopic (exact) mass is 388 g/mol. The van der Waals surface area contributed by atoms with Crippen molar-refractivity contribution in [1.82, 2.24) is 15.5 Å². The smallest absolute Gasteiger partial charge is 0.245 e. The Morgan fingerprint density at radius 3 is 2.38 bits per heavy atom. The molecule has 1 aliphatic rings. The van der Waals surface area contributed by atoms with Crippen LogP contribution in [0.5, 0.6) is 0 Å². The maximum atomic E-state index is 12.6. The van der Waals surface area contributed by atoms with Gasteiger partial charge in [-0.1, -0.05) is 19.8 Å². The van der Waals surface area contributed by atoms with E-state index in [2.05, 4.69) is 33.8 Å². The highest BCUT2D eigenvalue weighted by molar-refractivity contribution is 6.13. The zero-order chi connectivity index (χ0) is 18.3. The van der Waals surface area contributed by atoms with Crippen LogP contribution in [0.2, 0.25) is 0 Å². The van der Waals surface area contributed by atoms with E-state index in [1.54, 1.807) is 18.7 Å². The third-order valence-corrected chi connectivity index (χ3v) is 4.68. The van der Waals surface area contributed by atoms with Gasteiger partial charge in [-0.15, -0.1) is 0 Å². The molecule has 0 aromatic heterocycles. The lowest BCUT2D eigenvalue weighted by Crippen LogP contribution is -2.55. The number of rotatable bonds is 8. The summed E-state index contributed by atoms with van der Waals surface area (Å²) in [6, 6.07) is -1.82. The molecule has 150 valence electrons. The molecule has 1 aliphatic heterocycles. The summed E-state index contributed by atoms with van der Waals surface area (Å²) in [5, 5.41) is 5.56. The molecule has 0 unspecified atom stereocenters. The highest BCUT2D eigenvalue weighted by atomic mass is 27.0. The van der Waals surface area contributed by atoms with E-state index in [0.29, 0.717) is 13.0 Å². The van der Waals surface area contributed by atoms with E-state index in [9.17, 15) is 14.4 Å². The maximum absolute atomic E-state index is 12.6. The van der Waals surface area contributed by atoms with Crippen LogP contribution in [0.25, 0.3) is 0 Å². The number of hydrogen-bond donors (Lipinski definition) is 3. The summed E-state index contributed by atoms with van der Waals surface area (Å²) in [4.78, 5) is 38.3. The van der Waals surface area contributed by atoms with Gasteiger partial charge in [-0.05, 0) is 38.0 Å². The molecule has 0 bridgehead atoms. The van der Waals surface area contributed by atoms with Gasteiger partial charge in [0.1, 0.15) is 12.1 Å². The van der Waals surface area contributed by atoms with Crippen LogP contribution in [-0.4, -0.2) is 79.4 Å². The normalized spacial score (nSPS) is 19.4. The molecule has 0 aliphatic carbocycles. The van der Waals surface area contributed by atoms with E-state index in [1.807, 2.05) is 0 Å². The number of carbonyl (C=O) groups excluding carboxylic acids is 3. The number of nitrogens with two attached hydrogens (primary N) is 1. The number of carbonyl (C=O) groups is 3. The molecule has 1 heterocycles. The molecule has 0 saturated carbocycles. The zero-order valence-corrected chi connectivity index (χ0v) is 17.0. The third-order valence-electron chi connectivity index (χ3n) is 4.18. The van der Waals surface area contributed by atoms with Crippen molar-refractivity contribution in [3.63, 3.8) is 0 Å². The minimum absolute atomic E-state index is 0. The van der Waals surface area contributed by atoms with Crippen molar-refractivity contribution in [2.45, 2.75) is 75.9 Å². The van der Waals surface area contributed by atoms with Crippen LogP contribution >= 0.6 is 0 Å². The first kappa shape index (κ1) is 27.0. The first-order valence-electron chi connectivity index (χ1n) is 8.70. The fourth-order valence-corrected chi connectivity index (χ4v) is 3.13. The Morgan fingerprint density at radius 2 is 1.85 bits per heavy atom. The quantitative estimate of drug-likeness (QED) is 0.408. The van der Waals surface area contributed by atoms with E-state index in [-0.39, 0.29) is 33.6 Å². The molecule has 10 heteroatoms. The standard InChI is InChI=1S/C16H29N4O3.Al.2H2O/c1-4-5-6-9-18-15(22)13-8-7-10-20(13)16(23)12(3)19-14(21)11(2)17;;;/h9,11-13H,4-8,10,17H2,1-3H3,(H,18,22)(H,19,21);;2*1H2/t11-,12-,13-;;;/m0.../s1. The molecule has 4 atom stereocenters. The number of nitrogens with zero attached hydrogens (tertiary/aromatic N) is 1. The Hall–Kier alpha value is -1.18. The van der Waals surface area contributed by atoms with Gasteiger partial charge < -0.3 is 32.2 Å². The molecular weight excluding hydrogens is 355 g/mol. The highest BCUT2D eigenvalue weighted by Crippen LogP contribution is 2.19. The van der Waals surface area contributed by atoms with Gasteiger partial charge in [-0.2, -0.15) is 0 Å². The van der Waals surface area contributed by atoms with Crippen molar-refractivity contribution in [2.75, 3.05) is 6.54 Å². The first-order valence-corrected chi connectivity index (χ1v) is 9.37. The molecule has 0 spiro atoms. The van der Waals surface area contributed by atoms with Gasteiger partial charge >= 0.3 is 0 Å². The second kappa shape index (κ2) is 13.1. The van der Waals surface area contributed by atoms with Crippen LogP contribution in [0.15, 0.2) is 0 Å². The summed E-state index contributed by atoms with van der Waals surface area (Å²) in [7, 11) is 0. The van der Waals surface area contributed by atoms with Crippen LogP contribution in [0, 0.1) is 0 Å². The van der Waals surface area contributed by atoms with Crippen molar-refractivity contribution in [3.8, 4) is 0 Å². The van der Waals surface area contributed by atoms with Crippen molar-refractivity contribution < 1.29 is 25.3 Å². The molecule has 3 amide bonds. The lowest BCUT2D eigenvalue weighted by molar-refractivity contribution is -0.141. The molecule has 26 heavy (non-hydrogen) atoms. The van der Waals surface area contributed by atoms with Crippen molar-refractivity contribution in [2.24, 2.45) is 5.73 Å².